The molecule has 5 nitrogen and oxygen atoms in total. The fraction of sp³-hybridized carbons (Fsp3) is 0.278. The summed E-state index contributed by atoms with van der Waals surface area (Å²) in [5.74, 6) is -0.546. The zero-order chi connectivity index (χ0) is 21.1. The number of rotatable bonds is 6. The first-order valence-corrected chi connectivity index (χ1v) is 9.92. The van der Waals surface area contributed by atoms with Crippen molar-refractivity contribution in [3.05, 3.63) is 64.7 Å². The molecule has 0 saturated heterocycles. The molecule has 1 atom stereocenters. The highest BCUT2D eigenvalue weighted by Crippen LogP contribution is 2.33. The van der Waals surface area contributed by atoms with Gasteiger partial charge in [-0.25, -0.2) is 8.42 Å². The van der Waals surface area contributed by atoms with Gasteiger partial charge in [0, 0.05) is 14.1 Å². The first-order chi connectivity index (χ1) is 12.9. The second kappa shape index (κ2) is 8.50. The summed E-state index contributed by atoms with van der Waals surface area (Å²) in [5.41, 5.74) is -0.476. The van der Waals surface area contributed by atoms with Crippen LogP contribution >= 0.6 is 11.6 Å². The number of nitrogens with one attached hydrogen (secondary N) is 1. The molecule has 2 rings (SSSR count). The zero-order valence-electron chi connectivity index (χ0n) is 15.0. The maximum atomic E-state index is 13.0. The van der Waals surface area contributed by atoms with Gasteiger partial charge in [0.1, 0.15) is 10.9 Å². The molecule has 0 aliphatic heterocycles. The van der Waals surface area contributed by atoms with E-state index in [1.165, 1.54) is 19.0 Å². The minimum absolute atomic E-state index is 0.0215. The first-order valence-electron chi connectivity index (χ1n) is 8.06. The molecule has 0 aliphatic rings. The second-order valence-corrected chi connectivity index (χ2v) is 8.33. The van der Waals surface area contributed by atoms with Crippen molar-refractivity contribution in [2.24, 2.45) is 0 Å². The van der Waals surface area contributed by atoms with Crippen LogP contribution in [-0.2, 0) is 27.4 Å². The number of likely N-dealkylation sites (N-methyl/N-ethyl adjacent to an activating group) is 1. The van der Waals surface area contributed by atoms with Crippen LogP contribution in [-0.4, -0.2) is 39.4 Å². The van der Waals surface area contributed by atoms with Gasteiger partial charge in [0.2, 0.25) is 15.9 Å². The van der Waals surface area contributed by atoms with E-state index in [0.29, 0.717) is 17.7 Å². The zero-order valence-corrected chi connectivity index (χ0v) is 16.6. The molecular weight excluding hydrogens is 417 g/mol. The molecule has 0 radical (unpaired) electrons. The van der Waals surface area contributed by atoms with E-state index in [1.54, 1.807) is 30.3 Å². The Morgan fingerprint density at radius 1 is 1.14 bits per heavy atom. The number of amides is 1. The van der Waals surface area contributed by atoms with E-state index in [1.807, 2.05) is 0 Å². The van der Waals surface area contributed by atoms with Gasteiger partial charge in [0.25, 0.3) is 0 Å². The summed E-state index contributed by atoms with van der Waals surface area (Å²) in [6, 6.07) is 9.42. The van der Waals surface area contributed by atoms with Gasteiger partial charge >= 0.3 is 6.18 Å². The molecule has 0 aromatic heterocycles. The van der Waals surface area contributed by atoms with Gasteiger partial charge in [-0.15, -0.1) is 0 Å². The molecule has 0 saturated carbocycles. The maximum Gasteiger partial charge on any atom is 0.416 e. The summed E-state index contributed by atoms with van der Waals surface area (Å²) < 4.78 is 66.5. The van der Waals surface area contributed by atoms with E-state index >= 15 is 0 Å². The van der Waals surface area contributed by atoms with E-state index in [-0.39, 0.29) is 11.4 Å². The van der Waals surface area contributed by atoms with Crippen LogP contribution in [0, 0.1) is 0 Å². The Morgan fingerprint density at radius 3 is 2.29 bits per heavy atom. The highest BCUT2D eigenvalue weighted by atomic mass is 35.5. The van der Waals surface area contributed by atoms with Gasteiger partial charge in [-0.2, -0.15) is 17.9 Å². The van der Waals surface area contributed by atoms with Crippen molar-refractivity contribution in [3.8, 4) is 0 Å². The summed E-state index contributed by atoms with van der Waals surface area (Å²) in [7, 11) is -1.60. The Kier molecular flexibility index (Phi) is 6.74. The van der Waals surface area contributed by atoms with Gasteiger partial charge in [-0.05, 0) is 30.2 Å². The lowest BCUT2D eigenvalue weighted by molar-refractivity contribution is -0.137. The molecule has 1 amide bonds. The lowest BCUT2D eigenvalue weighted by Crippen LogP contribution is -2.47. The molecule has 2 aromatic rings. The van der Waals surface area contributed by atoms with Crippen LogP contribution in [0.2, 0.25) is 5.02 Å². The van der Waals surface area contributed by atoms with E-state index in [9.17, 15) is 26.4 Å². The predicted octanol–water partition coefficient (Wildman–Crippen LogP) is 3.34. The molecule has 1 N–H and O–H groups in total. The van der Waals surface area contributed by atoms with Crippen LogP contribution < -0.4 is 4.72 Å². The van der Waals surface area contributed by atoms with Gasteiger partial charge in [-0.3, -0.25) is 4.79 Å². The predicted molar refractivity (Wildman–Crippen MR) is 99.4 cm³/mol. The molecule has 0 aliphatic carbocycles. The molecule has 2 aromatic carbocycles. The number of halogens is 4. The van der Waals surface area contributed by atoms with Crippen LogP contribution in [0.5, 0.6) is 0 Å². The lowest BCUT2D eigenvalue weighted by atomic mass is 10.1. The minimum atomic E-state index is -4.74. The minimum Gasteiger partial charge on any atom is -0.347 e. The quantitative estimate of drug-likeness (QED) is 0.758. The number of alkyl halides is 3. The molecule has 1 unspecified atom stereocenters. The molecule has 10 heteroatoms. The summed E-state index contributed by atoms with van der Waals surface area (Å²) in [4.78, 5) is 12.9. The highest BCUT2D eigenvalue weighted by Gasteiger charge is 2.34. The first kappa shape index (κ1) is 22.2. The monoisotopic (exact) mass is 434 g/mol. The van der Waals surface area contributed by atoms with Crippen molar-refractivity contribution in [1.82, 2.24) is 9.62 Å². The molecule has 28 heavy (non-hydrogen) atoms. The lowest BCUT2D eigenvalue weighted by Gasteiger charge is -2.22. The Balaban J connectivity index is 2.41. The van der Waals surface area contributed by atoms with Crippen molar-refractivity contribution in [2.45, 2.75) is 23.5 Å². The molecule has 0 heterocycles. The third-order valence-electron chi connectivity index (χ3n) is 3.87. The van der Waals surface area contributed by atoms with Crippen LogP contribution in [0.15, 0.2) is 53.4 Å². The van der Waals surface area contributed by atoms with E-state index in [2.05, 4.69) is 4.72 Å². The van der Waals surface area contributed by atoms with Crippen molar-refractivity contribution in [1.29, 1.82) is 0 Å². The molecule has 0 spiro atoms. The molecule has 0 fully saturated rings. The average Bonchev–Trinajstić information content (AvgIpc) is 2.60. The Labute approximate surface area is 166 Å². The standard InChI is InChI=1S/C18H18ClF3N2O3S/c1-24(2)17(25)15(10-12-6-4-3-5-7-12)23-28(26,27)16-11-13(18(20,21)22)8-9-14(16)19/h3-9,11,15,23H,10H2,1-2H3. The summed E-state index contributed by atoms with van der Waals surface area (Å²) >= 11 is 5.83. The molecular formula is C18H18ClF3N2O3S. The summed E-state index contributed by atoms with van der Waals surface area (Å²) in [6.45, 7) is 0. The van der Waals surface area contributed by atoms with Crippen molar-refractivity contribution in [2.75, 3.05) is 14.1 Å². The van der Waals surface area contributed by atoms with Gasteiger partial charge in [-0.1, -0.05) is 41.9 Å². The van der Waals surface area contributed by atoms with Crippen LogP contribution in [0.1, 0.15) is 11.1 Å². The van der Waals surface area contributed by atoms with E-state index in [0.717, 1.165) is 6.07 Å². The number of sulfonamides is 1. The SMILES string of the molecule is CN(C)C(=O)C(Cc1ccccc1)NS(=O)(=O)c1cc(C(F)(F)F)ccc1Cl. The topological polar surface area (TPSA) is 66.5 Å². The number of hydrogen-bond acceptors (Lipinski definition) is 3. The van der Waals surface area contributed by atoms with Crippen LogP contribution in [0.3, 0.4) is 0 Å². The maximum absolute atomic E-state index is 13.0. The number of carbonyl (C=O) groups is 1. The van der Waals surface area contributed by atoms with E-state index in [4.69, 9.17) is 11.6 Å². The average molecular weight is 435 g/mol. The third kappa shape index (κ3) is 5.46. The fourth-order valence-corrected chi connectivity index (χ4v) is 4.19. The number of hydrogen-bond donors (Lipinski definition) is 1. The number of nitrogens with zero attached hydrogens (tertiary/aromatic N) is 1. The number of carbonyl (C=O) groups excluding carboxylic acids is 1. The van der Waals surface area contributed by atoms with Gasteiger partial charge < -0.3 is 4.90 Å². The van der Waals surface area contributed by atoms with Gasteiger partial charge in [0.05, 0.1) is 10.6 Å². The Morgan fingerprint density at radius 2 is 1.75 bits per heavy atom. The number of benzene rings is 2. The van der Waals surface area contributed by atoms with Crippen LogP contribution in [0.25, 0.3) is 0 Å². The molecule has 152 valence electrons. The smallest absolute Gasteiger partial charge is 0.347 e. The highest BCUT2D eigenvalue weighted by molar-refractivity contribution is 7.89. The largest absolute Gasteiger partial charge is 0.416 e. The second-order valence-electron chi connectivity index (χ2n) is 6.24. The van der Waals surface area contributed by atoms with Crippen LogP contribution in [0.4, 0.5) is 13.2 Å². The normalized spacial score (nSPS) is 13.2. The Bertz CT molecular complexity index is 948. The Hall–Kier alpha value is -2.10. The summed E-state index contributed by atoms with van der Waals surface area (Å²) in [6.07, 6.45) is -4.72. The third-order valence-corrected chi connectivity index (χ3v) is 5.82. The van der Waals surface area contributed by atoms with Crippen molar-refractivity contribution < 1.29 is 26.4 Å². The fourth-order valence-electron chi connectivity index (χ4n) is 2.48. The molecule has 0 bridgehead atoms. The summed E-state index contributed by atoms with van der Waals surface area (Å²) in [5, 5.41) is -0.378. The van der Waals surface area contributed by atoms with Gasteiger partial charge in [0.15, 0.2) is 0 Å². The van der Waals surface area contributed by atoms with E-state index < -0.39 is 38.6 Å². The van der Waals surface area contributed by atoms with Crippen molar-refractivity contribution in [3.63, 3.8) is 0 Å². The van der Waals surface area contributed by atoms with Crippen molar-refractivity contribution >= 4 is 27.5 Å².